The van der Waals surface area contributed by atoms with Gasteiger partial charge in [-0.15, -0.1) is 0 Å². The maximum atomic E-state index is 13.7. The Morgan fingerprint density at radius 1 is 1.47 bits per heavy atom. The SMILES string of the molecule is COc1c(F)cc(C(C)F)cc1CC1(O)CC1. The van der Waals surface area contributed by atoms with Crippen molar-refractivity contribution in [3.63, 3.8) is 0 Å². The van der Waals surface area contributed by atoms with Crippen LogP contribution in [0.1, 0.15) is 37.1 Å². The average Bonchev–Trinajstić information content (AvgIpc) is 2.95. The lowest BCUT2D eigenvalue weighted by Crippen LogP contribution is -2.12. The van der Waals surface area contributed by atoms with Crippen LogP contribution in [0.2, 0.25) is 0 Å². The van der Waals surface area contributed by atoms with Crippen molar-refractivity contribution in [3.8, 4) is 5.75 Å². The number of benzene rings is 1. The Bertz CT molecular complexity index is 426. The van der Waals surface area contributed by atoms with Crippen molar-refractivity contribution in [3.05, 3.63) is 29.1 Å². The molecule has 0 aromatic heterocycles. The third-order valence-electron chi connectivity index (χ3n) is 3.15. The van der Waals surface area contributed by atoms with Crippen molar-refractivity contribution in [1.82, 2.24) is 0 Å². The van der Waals surface area contributed by atoms with Gasteiger partial charge in [0.15, 0.2) is 11.6 Å². The summed E-state index contributed by atoms with van der Waals surface area (Å²) in [7, 11) is 1.37. The van der Waals surface area contributed by atoms with Crippen LogP contribution in [-0.4, -0.2) is 17.8 Å². The Morgan fingerprint density at radius 3 is 2.59 bits per heavy atom. The van der Waals surface area contributed by atoms with Crippen LogP contribution in [0.25, 0.3) is 0 Å². The van der Waals surface area contributed by atoms with E-state index in [1.165, 1.54) is 14.0 Å². The summed E-state index contributed by atoms with van der Waals surface area (Å²) in [5.41, 5.74) is 0.0623. The molecular formula is C13H16F2O2. The third kappa shape index (κ3) is 2.57. The molecule has 0 spiro atoms. The lowest BCUT2D eigenvalue weighted by molar-refractivity contribution is 0.149. The Hall–Kier alpha value is -1.16. The Kier molecular flexibility index (Phi) is 3.08. The van der Waals surface area contributed by atoms with Crippen molar-refractivity contribution in [2.75, 3.05) is 7.11 Å². The normalized spacial score (nSPS) is 18.9. The first-order chi connectivity index (χ1) is 7.95. The molecule has 0 aliphatic heterocycles. The molecule has 1 aliphatic carbocycles. The highest BCUT2D eigenvalue weighted by Gasteiger charge is 2.41. The zero-order chi connectivity index (χ0) is 12.6. The van der Waals surface area contributed by atoms with Crippen molar-refractivity contribution in [2.24, 2.45) is 0 Å². The van der Waals surface area contributed by atoms with E-state index in [0.717, 1.165) is 6.07 Å². The summed E-state index contributed by atoms with van der Waals surface area (Å²) >= 11 is 0. The maximum absolute atomic E-state index is 13.7. The molecule has 94 valence electrons. The van der Waals surface area contributed by atoms with Gasteiger partial charge in [-0.3, -0.25) is 0 Å². The first kappa shape index (κ1) is 12.3. The number of halogens is 2. The minimum atomic E-state index is -1.23. The number of rotatable bonds is 4. The second-order valence-electron chi connectivity index (χ2n) is 4.71. The molecule has 0 heterocycles. The number of methoxy groups -OCH3 is 1. The third-order valence-corrected chi connectivity index (χ3v) is 3.15. The molecule has 0 bridgehead atoms. The van der Waals surface area contributed by atoms with Crippen LogP contribution in [0.3, 0.4) is 0 Å². The van der Waals surface area contributed by atoms with E-state index in [9.17, 15) is 13.9 Å². The zero-order valence-electron chi connectivity index (χ0n) is 9.96. The summed E-state index contributed by atoms with van der Waals surface area (Å²) in [5, 5.41) is 9.85. The van der Waals surface area contributed by atoms with E-state index >= 15 is 0 Å². The highest BCUT2D eigenvalue weighted by Crippen LogP contribution is 2.41. The van der Waals surface area contributed by atoms with Crippen molar-refractivity contribution in [2.45, 2.75) is 38.0 Å². The molecule has 1 unspecified atom stereocenters. The molecule has 2 nitrogen and oxygen atoms in total. The van der Waals surface area contributed by atoms with Gasteiger partial charge in [-0.2, -0.15) is 0 Å². The second kappa shape index (κ2) is 4.26. The van der Waals surface area contributed by atoms with E-state index in [0.29, 0.717) is 24.8 Å². The predicted molar refractivity (Wildman–Crippen MR) is 60.4 cm³/mol. The molecule has 1 saturated carbocycles. The van der Waals surface area contributed by atoms with Gasteiger partial charge in [0.25, 0.3) is 0 Å². The molecule has 17 heavy (non-hydrogen) atoms. The Morgan fingerprint density at radius 2 is 2.12 bits per heavy atom. The van der Waals surface area contributed by atoms with E-state index in [2.05, 4.69) is 0 Å². The van der Waals surface area contributed by atoms with Gasteiger partial charge < -0.3 is 9.84 Å². The van der Waals surface area contributed by atoms with Crippen LogP contribution in [0.15, 0.2) is 12.1 Å². The molecule has 1 fully saturated rings. The summed E-state index contributed by atoms with van der Waals surface area (Å²) < 4.78 is 31.9. The average molecular weight is 242 g/mol. The minimum Gasteiger partial charge on any atom is -0.493 e. The van der Waals surface area contributed by atoms with E-state index in [4.69, 9.17) is 4.74 Å². The highest BCUT2D eigenvalue weighted by atomic mass is 19.1. The van der Waals surface area contributed by atoms with Gasteiger partial charge in [-0.05, 0) is 37.5 Å². The summed E-state index contributed by atoms with van der Waals surface area (Å²) in [6.45, 7) is 1.36. The summed E-state index contributed by atoms with van der Waals surface area (Å²) in [5.74, 6) is -0.469. The standard InChI is InChI=1S/C13H16F2O2/c1-8(14)9-5-10(7-13(16)3-4-13)12(17-2)11(15)6-9/h5-6,8,16H,3-4,7H2,1-2H3. The van der Waals surface area contributed by atoms with Crippen molar-refractivity contribution in [1.29, 1.82) is 0 Å². The largest absolute Gasteiger partial charge is 0.493 e. The first-order valence-electron chi connectivity index (χ1n) is 5.68. The van der Waals surface area contributed by atoms with E-state index in [1.54, 1.807) is 6.07 Å². The highest BCUT2D eigenvalue weighted by molar-refractivity contribution is 5.41. The van der Waals surface area contributed by atoms with Gasteiger partial charge in [0.2, 0.25) is 0 Å². The number of hydrogen-bond donors (Lipinski definition) is 1. The van der Waals surface area contributed by atoms with Crippen molar-refractivity contribution < 1.29 is 18.6 Å². The number of alkyl halides is 1. The molecule has 1 aromatic rings. The fraction of sp³-hybridized carbons (Fsp3) is 0.538. The smallest absolute Gasteiger partial charge is 0.165 e. The molecule has 0 radical (unpaired) electrons. The maximum Gasteiger partial charge on any atom is 0.165 e. The fourth-order valence-corrected chi connectivity index (χ4v) is 1.94. The molecular weight excluding hydrogens is 226 g/mol. The predicted octanol–water partition coefficient (Wildman–Crippen LogP) is 2.93. The lowest BCUT2D eigenvalue weighted by atomic mass is 10.0. The van der Waals surface area contributed by atoms with Crippen LogP contribution in [-0.2, 0) is 6.42 Å². The van der Waals surface area contributed by atoms with E-state index in [1.807, 2.05) is 0 Å². The van der Waals surface area contributed by atoms with E-state index < -0.39 is 17.6 Å². The lowest BCUT2D eigenvalue weighted by Gasteiger charge is -2.15. The minimum absolute atomic E-state index is 0.106. The molecule has 4 heteroatoms. The van der Waals surface area contributed by atoms with Crippen LogP contribution in [0.5, 0.6) is 5.75 Å². The number of hydrogen-bond acceptors (Lipinski definition) is 2. The zero-order valence-corrected chi connectivity index (χ0v) is 9.96. The van der Waals surface area contributed by atoms with Gasteiger partial charge in [0.1, 0.15) is 6.17 Å². The van der Waals surface area contributed by atoms with Crippen LogP contribution >= 0.6 is 0 Å². The first-order valence-corrected chi connectivity index (χ1v) is 5.68. The summed E-state index contributed by atoms with van der Waals surface area (Å²) in [6.07, 6.45) is 0.483. The molecule has 1 N–H and O–H groups in total. The molecule has 1 aromatic carbocycles. The summed E-state index contributed by atoms with van der Waals surface area (Å²) in [6, 6.07) is 2.72. The van der Waals surface area contributed by atoms with Crippen LogP contribution in [0, 0.1) is 5.82 Å². The van der Waals surface area contributed by atoms with Crippen molar-refractivity contribution >= 4 is 0 Å². The number of ether oxygens (including phenoxy) is 1. The van der Waals surface area contributed by atoms with Crippen LogP contribution < -0.4 is 4.74 Å². The van der Waals surface area contributed by atoms with Gasteiger partial charge in [-0.25, -0.2) is 8.78 Å². The van der Waals surface area contributed by atoms with Gasteiger partial charge in [0, 0.05) is 12.0 Å². The molecule has 1 atom stereocenters. The molecule has 0 saturated heterocycles. The summed E-state index contributed by atoms with van der Waals surface area (Å²) in [4.78, 5) is 0. The molecule has 2 rings (SSSR count). The van der Waals surface area contributed by atoms with Gasteiger partial charge in [-0.1, -0.05) is 0 Å². The quantitative estimate of drug-likeness (QED) is 0.879. The topological polar surface area (TPSA) is 29.5 Å². The van der Waals surface area contributed by atoms with E-state index in [-0.39, 0.29) is 11.3 Å². The monoisotopic (exact) mass is 242 g/mol. The molecule has 1 aliphatic rings. The van der Waals surface area contributed by atoms with Gasteiger partial charge >= 0.3 is 0 Å². The Balaban J connectivity index is 2.38. The number of aliphatic hydroxyl groups is 1. The van der Waals surface area contributed by atoms with Crippen LogP contribution in [0.4, 0.5) is 8.78 Å². The fourth-order valence-electron chi connectivity index (χ4n) is 1.94. The van der Waals surface area contributed by atoms with Gasteiger partial charge in [0.05, 0.1) is 12.7 Å². The Labute approximate surface area is 99.2 Å². The molecule has 0 amide bonds. The second-order valence-corrected chi connectivity index (χ2v) is 4.71.